The quantitative estimate of drug-likeness (QED) is 0.824. The topological polar surface area (TPSA) is 38.1 Å². The third-order valence-electron chi connectivity index (χ3n) is 3.02. The van der Waals surface area contributed by atoms with E-state index in [1.807, 2.05) is 6.20 Å². The zero-order valence-corrected chi connectivity index (χ0v) is 9.46. The number of rotatable bonds is 4. The van der Waals surface area contributed by atoms with E-state index in [0.29, 0.717) is 0 Å². The van der Waals surface area contributed by atoms with Crippen molar-refractivity contribution in [2.24, 2.45) is 5.92 Å². The maximum Gasteiger partial charge on any atom is 0.194 e. The molecule has 0 aromatic carbocycles. The molecule has 0 amide bonds. The lowest BCUT2D eigenvalue weighted by atomic mass is 9.95. The Labute approximate surface area is 91.3 Å². The summed E-state index contributed by atoms with van der Waals surface area (Å²) < 4.78 is 5.70. The van der Waals surface area contributed by atoms with Crippen molar-refractivity contribution >= 4 is 0 Å². The normalized spacial score (nSPS) is 18.2. The number of aryl methyl sites for hydroxylation is 1. The summed E-state index contributed by atoms with van der Waals surface area (Å²) in [5.41, 5.74) is 0. The fourth-order valence-electron chi connectivity index (χ4n) is 2.14. The van der Waals surface area contributed by atoms with Crippen LogP contribution in [0.4, 0.5) is 0 Å². The summed E-state index contributed by atoms with van der Waals surface area (Å²) in [6.07, 6.45) is 7.56. The van der Waals surface area contributed by atoms with Gasteiger partial charge in [-0.3, -0.25) is 0 Å². The number of aromatic nitrogens is 1. The van der Waals surface area contributed by atoms with E-state index >= 15 is 0 Å². The zero-order chi connectivity index (χ0) is 10.5. The van der Waals surface area contributed by atoms with Gasteiger partial charge in [0.1, 0.15) is 5.76 Å². The summed E-state index contributed by atoms with van der Waals surface area (Å²) in [5.74, 6) is 2.74. The molecule has 0 bridgehead atoms. The molecular formula is C12H20N2O. The lowest BCUT2D eigenvalue weighted by Crippen LogP contribution is -2.28. The Morgan fingerprint density at radius 2 is 2.27 bits per heavy atom. The molecule has 0 unspecified atom stereocenters. The van der Waals surface area contributed by atoms with Crippen molar-refractivity contribution in [3.63, 3.8) is 0 Å². The minimum absolute atomic E-state index is 0.763. The van der Waals surface area contributed by atoms with Crippen molar-refractivity contribution in [2.45, 2.75) is 39.0 Å². The van der Waals surface area contributed by atoms with Crippen LogP contribution in [0.1, 0.15) is 37.8 Å². The minimum atomic E-state index is 0.763. The number of nitrogens with zero attached hydrogens (tertiary/aromatic N) is 1. The molecule has 1 aliphatic heterocycles. The Hall–Kier alpha value is -0.830. The second-order valence-corrected chi connectivity index (χ2v) is 4.37. The molecule has 1 aromatic rings. The Balaban J connectivity index is 1.86. The predicted octanol–water partition coefficient (Wildman–Crippen LogP) is 2.17. The average molecular weight is 208 g/mol. The fourth-order valence-corrected chi connectivity index (χ4v) is 2.14. The molecule has 15 heavy (non-hydrogen) atoms. The molecule has 1 fully saturated rings. The van der Waals surface area contributed by atoms with Gasteiger partial charge in [-0.05, 0) is 38.3 Å². The Bertz CT molecular complexity index is 290. The third-order valence-corrected chi connectivity index (χ3v) is 3.02. The van der Waals surface area contributed by atoms with E-state index in [9.17, 15) is 0 Å². The fraction of sp³-hybridized carbons (Fsp3) is 0.750. The highest BCUT2D eigenvalue weighted by molar-refractivity contribution is 4.95. The van der Waals surface area contributed by atoms with Crippen molar-refractivity contribution in [3.05, 3.63) is 17.8 Å². The van der Waals surface area contributed by atoms with Gasteiger partial charge < -0.3 is 9.73 Å². The Morgan fingerprint density at radius 1 is 1.47 bits per heavy atom. The van der Waals surface area contributed by atoms with E-state index in [4.69, 9.17) is 4.42 Å². The van der Waals surface area contributed by atoms with Crippen molar-refractivity contribution in [1.82, 2.24) is 10.3 Å². The maximum absolute atomic E-state index is 5.70. The van der Waals surface area contributed by atoms with Crippen LogP contribution in [-0.4, -0.2) is 18.1 Å². The van der Waals surface area contributed by atoms with Crippen LogP contribution in [0.2, 0.25) is 0 Å². The molecule has 3 nitrogen and oxygen atoms in total. The number of hydrogen-bond donors (Lipinski definition) is 1. The number of hydrogen-bond acceptors (Lipinski definition) is 3. The third kappa shape index (κ3) is 3.06. The number of oxazole rings is 1. The van der Waals surface area contributed by atoms with Crippen LogP contribution < -0.4 is 5.32 Å². The van der Waals surface area contributed by atoms with Crippen LogP contribution in [0, 0.1) is 5.92 Å². The number of piperidine rings is 1. The predicted molar refractivity (Wildman–Crippen MR) is 59.8 cm³/mol. The molecule has 3 heteroatoms. The summed E-state index contributed by atoms with van der Waals surface area (Å²) >= 11 is 0. The van der Waals surface area contributed by atoms with Gasteiger partial charge in [-0.25, -0.2) is 4.98 Å². The molecule has 0 atom stereocenters. The highest BCUT2D eigenvalue weighted by Crippen LogP contribution is 2.18. The summed E-state index contributed by atoms with van der Waals surface area (Å²) in [5, 5.41) is 3.37. The van der Waals surface area contributed by atoms with Gasteiger partial charge in [0.25, 0.3) is 0 Å². The first-order valence-electron chi connectivity index (χ1n) is 6.02. The van der Waals surface area contributed by atoms with E-state index in [2.05, 4.69) is 17.2 Å². The number of nitrogens with one attached hydrogen (secondary N) is 1. The molecule has 1 aromatic heterocycles. The monoisotopic (exact) mass is 208 g/mol. The van der Waals surface area contributed by atoms with Crippen LogP contribution in [-0.2, 0) is 12.8 Å². The van der Waals surface area contributed by atoms with Gasteiger partial charge in [-0.1, -0.05) is 6.92 Å². The molecule has 0 saturated carbocycles. The molecular weight excluding hydrogens is 188 g/mol. The molecule has 0 aliphatic carbocycles. The highest BCUT2D eigenvalue weighted by atomic mass is 16.4. The van der Waals surface area contributed by atoms with Gasteiger partial charge >= 0.3 is 0 Å². The van der Waals surface area contributed by atoms with Crippen molar-refractivity contribution < 1.29 is 4.42 Å². The van der Waals surface area contributed by atoms with Crippen LogP contribution in [0.3, 0.4) is 0 Å². The molecule has 1 N–H and O–H groups in total. The maximum atomic E-state index is 5.70. The second kappa shape index (κ2) is 5.31. The van der Waals surface area contributed by atoms with Crippen molar-refractivity contribution in [2.75, 3.05) is 13.1 Å². The van der Waals surface area contributed by atoms with E-state index < -0.39 is 0 Å². The van der Waals surface area contributed by atoms with Crippen LogP contribution in [0.25, 0.3) is 0 Å². The lowest BCUT2D eigenvalue weighted by Gasteiger charge is -2.20. The lowest BCUT2D eigenvalue weighted by molar-refractivity contribution is 0.336. The van der Waals surface area contributed by atoms with Crippen LogP contribution in [0.15, 0.2) is 10.6 Å². The minimum Gasteiger partial charge on any atom is -0.446 e. The van der Waals surface area contributed by atoms with Crippen molar-refractivity contribution in [3.8, 4) is 0 Å². The molecule has 0 spiro atoms. The largest absolute Gasteiger partial charge is 0.446 e. The second-order valence-electron chi connectivity index (χ2n) is 4.37. The van der Waals surface area contributed by atoms with Gasteiger partial charge in [0.05, 0.1) is 6.20 Å². The summed E-state index contributed by atoms with van der Waals surface area (Å²) in [6.45, 7) is 4.45. The first-order valence-corrected chi connectivity index (χ1v) is 6.02. The Morgan fingerprint density at radius 3 is 3.00 bits per heavy atom. The SMILES string of the molecule is CCCc1cnc(CC2CCNCC2)o1. The molecule has 0 radical (unpaired) electrons. The van der Waals surface area contributed by atoms with E-state index in [0.717, 1.165) is 49.9 Å². The van der Waals surface area contributed by atoms with Gasteiger partial charge in [0.2, 0.25) is 0 Å². The molecule has 1 saturated heterocycles. The van der Waals surface area contributed by atoms with Crippen LogP contribution >= 0.6 is 0 Å². The van der Waals surface area contributed by atoms with Gasteiger partial charge in [0.15, 0.2) is 5.89 Å². The van der Waals surface area contributed by atoms with Gasteiger partial charge in [-0.15, -0.1) is 0 Å². The summed E-state index contributed by atoms with van der Waals surface area (Å²) in [4.78, 5) is 4.34. The van der Waals surface area contributed by atoms with E-state index in [-0.39, 0.29) is 0 Å². The molecule has 1 aliphatic rings. The van der Waals surface area contributed by atoms with Gasteiger partial charge in [0, 0.05) is 12.8 Å². The average Bonchev–Trinajstić information content (AvgIpc) is 2.68. The van der Waals surface area contributed by atoms with E-state index in [1.54, 1.807) is 0 Å². The van der Waals surface area contributed by atoms with E-state index in [1.165, 1.54) is 12.8 Å². The van der Waals surface area contributed by atoms with Crippen LogP contribution in [0.5, 0.6) is 0 Å². The molecule has 84 valence electrons. The first-order chi connectivity index (χ1) is 7.38. The summed E-state index contributed by atoms with van der Waals surface area (Å²) in [7, 11) is 0. The Kier molecular flexibility index (Phi) is 3.78. The zero-order valence-electron chi connectivity index (χ0n) is 9.46. The standard InChI is InChI=1S/C12H20N2O/c1-2-3-11-9-14-12(15-11)8-10-4-6-13-7-5-10/h9-10,13H,2-8H2,1H3. The molecule has 2 rings (SSSR count). The first kappa shape index (κ1) is 10.7. The van der Waals surface area contributed by atoms with Gasteiger partial charge in [-0.2, -0.15) is 0 Å². The summed E-state index contributed by atoms with van der Waals surface area (Å²) in [6, 6.07) is 0. The highest BCUT2D eigenvalue weighted by Gasteiger charge is 2.16. The molecule has 2 heterocycles. The smallest absolute Gasteiger partial charge is 0.194 e. The van der Waals surface area contributed by atoms with Crippen molar-refractivity contribution in [1.29, 1.82) is 0 Å².